The molecule has 0 aliphatic carbocycles. The summed E-state index contributed by atoms with van der Waals surface area (Å²) >= 11 is 0. The third-order valence-corrected chi connectivity index (χ3v) is 2.65. The fourth-order valence-corrected chi connectivity index (χ4v) is 1.80. The monoisotopic (exact) mass is 259 g/mol. The molecule has 0 aliphatic heterocycles. The number of hydrogen-bond acceptors (Lipinski definition) is 4. The van der Waals surface area contributed by atoms with Crippen LogP contribution >= 0.6 is 0 Å². The molecule has 0 atom stereocenters. The highest BCUT2D eigenvalue weighted by molar-refractivity contribution is 5.93. The van der Waals surface area contributed by atoms with Gasteiger partial charge in [0.15, 0.2) is 0 Å². The number of aromatic nitrogens is 1. The van der Waals surface area contributed by atoms with Gasteiger partial charge in [-0.05, 0) is 37.6 Å². The Kier molecular flexibility index (Phi) is 3.33. The van der Waals surface area contributed by atoms with E-state index in [1.165, 1.54) is 12.5 Å². The van der Waals surface area contributed by atoms with Crippen molar-refractivity contribution in [3.63, 3.8) is 0 Å². The van der Waals surface area contributed by atoms with E-state index in [2.05, 4.69) is 5.10 Å². The lowest BCUT2D eigenvalue weighted by Gasteiger charge is -2.07. The summed E-state index contributed by atoms with van der Waals surface area (Å²) < 4.78 is 6.20. The number of nitrogens with zero attached hydrogens (tertiary/aromatic N) is 2. The predicted octanol–water partition coefficient (Wildman–Crippen LogP) is 1.04. The van der Waals surface area contributed by atoms with Gasteiger partial charge in [0, 0.05) is 5.69 Å². The highest BCUT2D eigenvalue weighted by atomic mass is 16.3. The number of carbonyl (C=O) groups is 1. The molecule has 6 nitrogen and oxygen atoms in total. The van der Waals surface area contributed by atoms with Crippen LogP contribution in [-0.2, 0) is 0 Å². The molecule has 0 saturated heterocycles. The van der Waals surface area contributed by atoms with Gasteiger partial charge >= 0.3 is 0 Å². The quantitative estimate of drug-likeness (QED) is 0.835. The summed E-state index contributed by atoms with van der Waals surface area (Å²) in [6.07, 6.45) is 2.90. The second-order valence-corrected chi connectivity index (χ2v) is 4.08. The van der Waals surface area contributed by atoms with Crippen molar-refractivity contribution >= 4 is 12.1 Å². The summed E-state index contributed by atoms with van der Waals surface area (Å²) in [6, 6.07) is 5.09. The summed E-state index contributed by atoms with van der Waals surface area (Å²) in [6.45, 7) is 3.38. The van der Waals surface area contributed by atoms with Gasteiger partial charge in [0.05, 0.1) is 12.5 Å². The minimum atomic E-state index is -0.760. The Morgan fingerprint density at radius 2 is 2.21 bits per heavy atom. The maximum Gasteiger partial charge on any atom is 0.284 e. The van der Waals surface area contributed by atoms with Gasteiger partial charge in [0.1, 0.15) is 11.3 Å². The number of primary amides is 1. The molecule has 0 saturated carbocycles. The van der Waals surface area contributed by atoms with Gasteiger partial charge in [-0.1, -0.05) is 0 Å². The number of hydrogen-bond donors (Lipinski definition) is 1. The highest BCUT2D eigenvalue weighted by Gasteiger charge is 2.14. The van der Waals surface area contributed by atoms with Crippen LogP contribution in [0.1, 0.15) is 27.4 Å². The van der Waals surface area contributed by atoms with E-state index < -0.39 is 11.5 Å². The van der Waals surface area contributed by atoms with Crippen LogP contribution in [0.2, 0.25) is 0 Å². The van der Waals surface area contributed by atoms with Gasteiger partial charge in [0.2, 0.25) is 0 Å². The van der Waals surface area contributed by atoms with Gasteiger partial charge in [-0.25, -0.2) is 4.68 Å². The molecule has 0 bridgehead atoms. The van der Waals surface area contributed by atoms with Crippen LogP contribution in [0.15, 0.2) is 38.8 Å². The van der Waals surface area contributed by atoms with Gasteiger partial charge < -0.3 is 10.2 Å². The smallest absolute Gasteiger partial charge is 0.284 e. The van der Waals surface area contributed by atoms with Crippen LogP contribution in [0.25, 0.3) is 0 Å². The molecule has 2 aromatic rings. The van der Waals surface area contributed by atoms with E-state index in [4.69, 9.17) is 10.2 Å². The van der Waals surface area contributed by atoms with E-state index in [9.17, 15) is 9.59 Å². The van der Waals surface area contributed by atoms with Crippen molar-refractivity contribution in [1.82, 2.24) is 4.68 Å². The summed E-state index contributed by atoms with van der Waals surface area (Å²) in [5, 5.41) is 4.01. The van der Waals surface area contributed by atoms with E-state index in [1.807, 2.05) is 0 Å². The van der Waals surface area contributed by atoms with E-state index in [-0.39, 0.29) is 5.56 Å². The summed E-state index contributed by atoms with van der Waals surface area (Å²) in [5.41, 5.74) is 5.76. The van der Waals surface area contributed by atoms with Crippen molar-refractivity contribution < 1.29 is 9.21 Å². The first kappa shape index (κ1) is 12.8. The SMILES string of the molecule is Cc1cc(C)n(/N=C\c2ccco2)c(=O)c1C(N)=O. The third-order valence-electron chi connectivity index (χ3n) is 2.65. The van der Waals surface area contributed by atoms with E-state index in [0.717, 1.165) is 4.68 Å². The van der Waals surface area contributed by atoms with E-state index in [1.54, 1.807) is 32.0 Å². The Morgan fingerprint density at radius 3 is 2.79 bits per heavy atom. The zero-order chi connectivity index (χ0) is 14.0. The van der Waals surface area contributed by atoms with Gasteiger partial charge in [-0.15, -0.1) is 0 Å². The first-order valence-corrected chi connectivity index (χ1v) is 5.61. The van der Waals surface area contributed by atoms with E-state index in [0.29, 0.717) is 17.0 Å². The van der Waals surface area contributed by atoms with Crippen LogP contribution in [0, 0.1) is 13.8 Å². The Bertz CT molecular complexity index is 697. The second-order valence-electron chi connectivity index (χ2n) is 4.08. The van der Waals surface area contributed by atoms with Gasteiger partial charge in [0.25, 0.3) is 11.5 Å². The van der Waals surface area contributed by atoms with Crippen LogP contribution in [0.3, 0.4) is 0 Å². The molecule has 0 aromatic carbocycles. The van der Waals surface area contributed by atoms with Crippen molar-refractivity contribution in [2.75, 3.05) is 0 Å². The topological polar surface area (TPSA) is 90.6 Å². The fourth-order valence-electron chi connectivity index (χ4n) is 1.80. The molecule has 0 unspecified atom stereocenters. The molecule has 19 heavy (non-hydrogen) atoms. The lowest BCUT2D eigenvalue weighted by molar-refractivity contribution is 0.0997. The zero-order valence-electron chi connectivity index (χ0n) is 10.6. The number of nitrogens with two attached hydrogens (primary N) is 1. The number of pyridine rings is 1. The average Bonchev–Trinajstić information content (AvgIpc) is 2.80. The molecular weight excluding hydrogens is 246 g/mol. The first-order valence-electron chi connectivity index (χ1n) is 5.61. The maximum absolute atomic E-state index is 12.1. The number of aryl methyl sites for hydroxylation is 2. The second kappa shape index (κ2) is 4.93. The van der Waals surface area contributed by atoms with Crippen LogP contribution in [-0.4, -0.2) is 16.8 Å². The van der Waals surface area contributed by atoms with Crippen molar-refractivity contribution in [3.05, 3.63) is 57.4 Å². The minimum absolute atomic E-state index is 0.0535. The molecule has 2 rings (SSSR count). The van der Waals surface area contributed by atoms with Crippen molar-refractivity contribution in [1.29, 1.82) is 0 Å². The molecule has 6 heteroatoms. The van der Waals surface area contributed by atoms with Gasteiger partial charge in [-0.2, -0.15) is 5.10 Å². The highest BCUT2D eigenvalue weighted by Crippen LogP contribution is 2.06. The lowest BCUT2D eigenvalue weighted by Crippen LogP contribution is -2.30. The first-order chi connectivity index (χ1) is 9.00. The fraction of sp³-hybridized carbons (Fsp3) is 0.154. The molecule has 0 radical (unpaired) electrons. The molecule has 0 aliphatic rings. The molecular formula is C13H13N3O3. The normalized spacial score (nSPS) is 11.1. The largest absolute Gasteiger partial charge is 0.463 e. The molecule has 2 N–H and O–H groups in total. The standard InChI is InChI=1S/C13H13N3O3/c1-8-6-9(2)16(13(18)11(8)12(14)17)15-7-10-4-3-5-19-10/h3-7H,1-2H3,(H2,14,17)/b15-7-. The number of furan rings is 1. The molecule has 1 amide bonds. The molecule has 2 aromatic heterocycles. The molecule has 0 fully saturated rings. The van der Waals surface area contributed by atoms with Crippen molar-refractivity contribution in [3.8, 4) is 0 Å². The van der Waals surface area contributed by atoms with Crippen LogP contribution in [0.4, 0.5) is 0 Å². The maximum atomic E-state index is 12.1. The third kappa shape index (κ3) is 2.47. The Morgan fingerprint density at radius 1 is 1.47 bits per heavy atom. The average molecular weight is 259 g/mol. The Balaban J connectivity index is 2.55. The zero-order valence-corrected chi connectivity index (χ0v) is 10.6. The molecule has 0 spiro atoms. The number of amides is 1. The lowest BCUT2D eigenvalue weighted by atomic mass is 10.1. The Labute approximate surface area is 109 Å². The van der Waals surface area contributed by atoms with Crippen molar-refractivity contribution in [2.45, 2.75) is 13.8 Å². The number of rotatable bonds is 3. The summed E-state index contributed by atoms with van der Waals surface area (Å²) in [5.74, 6) is -0.253. The molecule has 98 valence electrons. The molecule has 2 heterocycles. The van der Waals surface area contributed by atoms with E-state index >= 15 is 0 Å². The van der Waals surface area contributed by atoms with Crippen LogP contribution < -0.4 is 11.3 Å². The van der Waals surface area contributed by atoms with Crippen LogP contribution in [0.5, 0.6) is 0 Å². The van der Waals surface area contributed by atoms with Crippen molar-refractivity contribution in [2.24, 2.45) is 10.8 Å². The summed E-state index contributed by atoms with van der Waals surface area (Å²) in [4.78, 5) is 23.4. The summed E-state index contributed by atoms with van der Waals surface area (Å²) in [7, 11) is 0. The number of carbonyl (C=O) groups excluding carboxylic acids is 1. The predicted molar refractivity (Wildman–Crippen MR) is 70.4 cm³/mol. The minimum Gasteiger partial charge on any atom is -0.463 e. The van der Waals surface area contributed by atoms with Gasteiger partial charge in [-0.3, -0.25) is 9.59 Å². The Hall–Kier alpha value is -2.63.